The molecule has 0 atom stereocenters. The van der Waals surface area contributed by atoms with Crippen LogP contribution in [0.15, 0.2) is 30.3 Å². The molecule has 0 heterocycles. The summed E-state index contributed by atoms with van der Waals surface area (Å²) in [4.78, 5) is 21.1. The zero-order chi connectivity index (χ0) is 32.2. The molecule has 3 N–H and O–H groups in total. The van der Waals surface area contributed by atoms with E-state index in [9.17, 15) is 14.7 Å². The van der Waals surface area contributed by atoms with E-state index in [0.717, 1.165) is 42.1 Å². The van der Waals surface area contributed by atoms with Crippen LogP contribution in [-0.4, -0.2) is 31.8 Å². The lowest BCUT2D eigenvalue weighted by atomic mass is 9.78. The highest BCUT2D eigenvalue weighted by Crippen LogP contribution is 2.40. The lowest BCUT2D eigenvalue weighted by Crippen LogP contribution is -2.21. The largest absolute Gasteiger partial charge is 0.507 e. The van der Waals surface area contributed by atoms with E-state index in [2.05, 4.69) is 112 Å². The number of carbonyl (C=O) groups is 2. The number of rotatable bonds is 7. The van der Waals surface area contributed by atoms with Crippen LogP contribution < -0.4 is 10.9 Å². The van der Waals surface area contributed by atoms with Crippen LogP contribution in [0.3, 0.4) is 0 Å². The van der Waals surface area contributed by atoms with Gasteiger partial charge in [0, 0.05) is 12.8 Å². The molecule has 2 aromatic carbocycles. The van der Waals surface area contributed by atoms with Gasteiger partial charge < -0.3 is 14.7 Å². The van der Waals surface area contributed by atoms with E-state index in [1.807, 2.05) is 26.2 Å². The molecule has 0 aliphatic rings. The lowest BCUT2D eigenvalue weighted by molar-refractivity contribution is -0.108. The predicted molar refractivity (Wildman–Crippen MR) is 176 cm³/mol. The first kappa shape index (κ1) is 38.5. The van der Waals surface area contributed by atoms with Crippen LogP contribution >= 0.6 is 0 Å². The number of hydrogen-bond donors (Lipinski definition) is 3. The number of phenolic OH excluding ortho intramolecular Hbond substituents is 1. The summed E-state index contributed by atoms with van der Waals surface area (Å²) in [6, 6.07) is 10.9. The molecule has 0 radical (unpaired) electrons. The molecule has 0 aliphatic heterocycles. The fourth-order valence-electron chi connectivity index (χ4n) is 4.14. The quantitative estimate of drug-likeness (QED) is 0.234. The molecule has 0 aliphatic carbocycles. The molecule has 5 nitrogen and oxygen atoms in total. The minimum absolute atomic E-state index is 0.110. The number of hydrazine groups is 1. The fraction of sp³-hybridized carbons (Fsp3) is 0.611. The average Bonchev–Trinajstić information content (AvgIpc) is 2.84. The highest BCUT2D eigenvalue weighted by Gasteiger charge is 2.26. The summed E-state index contributed by atoms with van der Waals surface area (Å²) in [5, 5.41) is 10.5. The van der Waals surface area contributed by atoms with Crippen LogP contribution in [0.1, 0.15) is 129 Å². The van der Waals surface area contributed by atoms with Gasteiger partial charge in [-0.2, -0.15) is 0 Å². The van der Waals surface area contributed by atoms with Gasteiger partial charge in [0.05, 0.1) is 0 Å². The van der Waals surface area contributed by atoms with Crippen molar-refractivity contribution >= 4 is 12.6 Å². The van der Waals surface area contributed by atoms with Crippen molar-refractivity contribution in [1.29, 1.82) is 0 Å². The average molecular weight is 569 g/mol. The molecule has 0 aromatic heterocycles. The first-order chi connectivity index (χ1) is 18.6. The van der Waals surface area contributed by atoms with Crippen molar-refractivity contribution in [3.05, 3.63) is 63.7 Å². The van der Waals surface area contributed by atoms with E-state index in [-0.39, 0.29) is 21.7 Å². The predicted octanol–water partition coefficient (Wildman–Crippen LogP) is 7.87. The molecular formula is C36H60N2O3. The van der Waals surface area contributed by atoms with Gasteiger partial charge in [-0.25, -0.2) is 0 Å². The number of aldehydes is 2. The molecule has 41 heavy (non-hydrogen) atoms. The lowest BCUT2D eigenvalue weighted by Gasteiger charge is -2.28. The Kier molecular flexibility index (Phi) is 15.2. The number of nitrogens with one attached hydrogen (secondary N) is 2. The standard InChI is InChI=1S/C17H26O2.C17H26O.C2H8N2/c1-16(2,3)13-10-12(8-7-9-18)11-14(15(13)19)17(4,5)6;1-16(2,3)14-10-13(8-7-9-18)11-15(12-14)17(4,5)6;1-3-4-2/h9-11,19H,7-8H2,1-6H3;9-12H,7-8H2,1-6H3;3-4H,1-2H3. The second kappa shape index (κ2) is 16.2. The van der Waals surface area contributed by atoms with Gasteiger partial charge in [-0.3, -0.25) is 10.9 Å². The fourth-order valence-corrected chi connectivity index (χ4v) is 4.14. The molecule has 0 unspecified atom stereocenters. The third-order valence-electron chi connectivity index (χ3n) is 6.86. The van der Waals surface area contributed by atoms with Crippen molar-refractivity contribution in [3.63, 3.8) is 0 Å². The van der Waals surface area contributed by atoms with Gasteiger partial charge in [-0.05, 0) is 82.0 Å². The molecule has 0 spiro atoms. The number of phenols is 1. The Hall–Kier alpha value is -2.50. The molecule has 232 valence electrons. The second-order valence-corrected chi connectivity index (χ2v) is 14.9. The van der Waals surface area contributed by atoms with Gasteiger partial charge >= 0.3 is 0 Å². The van der Waals surface area contributed by atoms with Crippen LogP contribution in [0.5, 0.6) is 5.75 Å². The molecule has 5 heteroatoms. The number of aryl methyl sites for hydroxylation is 2. The molecule has 0 fully saturated rings. The van der Waals surface area contributed by atoms with Gasteiger partial charge in [-0.15, -0.1) is 0 Å². The normalized spacial score (nSPS) is 12.0. The number of carbonyl (C=O) groups excluding carboxylic acids is 2. The second-order valence-electron chi connectivity index (χ2n) is 14.9. The Morgan fingerprint density at radius 3 is 1.12 bits per heavy atom. The van der Waals surface area contributed by atoms with Gasteiger partial charge in [-0.1, -0.05) is 113 Å². The highest BCUT2D eigenvalue weighted by molar-refractivity contribution is 5.53. The topological polar surface area (TPSA) is 78.4 Å². The van der Waals surface area contributed by atoms with Gasteiger partial charge in [0.2, 0.25) is 0 Å². The van der Waals surface area contributed by atoms with Gasteiger partial charge in [0.1, 0.15) is 18.3 Å². The monoisotopic (exact) mass is 568 g/mol. The van der Waals surface area contributed by atoms with Crippen molar-refractivity contribution in [2.75, 3.05) is 14.1 Å². The Morgan fingerprint density at radius 1 is 0.561 bits per heavy atom. The number of hydrogen-bond acceptors (Lipinski definition) is 5. The SMILES string of the molecule is CC(C)(C)c1cc(CCC=O)cc(C(C)(C)C)c1.CC(C)(C)c1cc(CCC=O)cc(C(C)(C)C)c1O.CNNC. The van der Waals surface area contributed by atoms with Crippen molar-refractivity contribution in [3.8, 4) is 5.75 Å². The number of benzene rings is 2. The van der Waals surface area contributed by atoms with Crippen molar-refractivity contribution in [2.24, 2.45) is 0 Å². The summed E-state index contributed by atoms with van der Waals surface area (Å²) >= 11 is 0. The summed E-state index contributed by atoms with van der Waals surface area (Å²) in [6.45, 7) is 26.0. The molecule has 0 saturated carbocycles. The van der Waals surface area contributed by atoms with Gasteiger partial charge in [0.25, 0.3) is 0 Å². The summed E-state index contributed by atoms with van der Waals surface area (Å²) in [6.07, 6.45) is 4.66. The summed E-state index contributed by atoms with van der Waals surface area (Å²) in [5.41, 5.74) is 12.5. The highest BCUT2D eigenvalue weighted by atomic mass is 16.3. The minimum Gasteiger partial charge on any atom is -0.507 e. The smallest absolute Gasteiger partial charge is 0.123 e. The molecular weight excluding hydrogens is 508 g/mol. The van der Waals surface area contributed by atoms with Crippen LogP contribution in [0.2, 0.25) is 0 Å². The first-order valence-corrected chi connectivity index (χ1v) is 14.9. The van der Waals surface area contributed by atoms with E-state index >= 15 is 0 Å². The summed E-state index contributed by atoms with van der Waals surface area (Å²) < 4.78 is 0. The number of aromatic hydroxyl groups is 1. The van der Waals surface area contributed by atoms with Crippen LogP contribution in [0.4, 0.5) is 0 Å². The Morgan fingerprint density at radius 2 is 0.878 bits per heavy atom. The Balaban J connectivity index is 0.000000691. The molecule has 2 aromatic rings. The zero-order valence-electron chi connectivity index (χ0n) is 28.6. The Labute approximate surface area is 251 Å². The maximum atomic E-state index is 10.6. The van der Waals surface area contributed by atoms with E-state index in [1.165, 1.54) is 16.7 Å². The van der Waals surface area contributed by atoms with E-state index < -0.39 is 0 Å². The van der Waals surface area contributed by atoms with Crippen molar-refractivity contribution < 1.29 is 14.7 Å². The van der Waals surface area contributed by atoms with E-state index in [1.54, 1.807) is 0 Å². The maximum absolute atomic E-state index is 10.6. The first-order valence-electron chi connectivity index (χ1n) is 14.9. The summed E-state index contributed by atoms with van der Waals surface area (Å²) in [7, 11) is 3.64. The molecule has 0 bridgehead atoms. The minimum atomic E-state index is -0.110. The van der Waals surface area contributed by atoms with Crippen LogP contribution in [-0.2, 0) is 44.1 Å². The molecule has 0 saturated heterocycles. The van der Waals surface area contributed by atoms with Gasteiger partial charge in [0.15, 0.2) is 0 Å². The third kappa shape index (κ3) is 13.8. The Bertz CT molecular complexity index is 1020. The molecule has 2 rings (SSSR count). The van der Waals surface area contributed by atoms with Crippen molar-refractivity contribution in [2.45, 2.75) is 130 Å². The molecule has 0 amide bonds. The van der Waals surface area contributed by atoms with E-state index in [4.69, 9.17) is 0 Å². The van der Waals surface area contributed by atoms with Crippen LogP contribution in [0, 0.1) is 0 Å². The van der Waals surface area contributed by atoms with Crippen LogP contribution in [0.25, 0.3) is 0 Å². The third-order valence-corrected chi connectivity index (χ3v) is 6.86. The van der Waals surface area contributed by atoms with E-state index in [0.29, 0.717) is 18.6 Å². The summed E-state index contributed by atoms with van der Waals surface area (Å²) in [5.74, 6) is 0.398. The maximum Gasteiger partial charge on any atom is 0.123 e. The zero-order valence-corrected chi connectivity index (χ0v) is 28.6. The van der Waals surface area contributed by atoms with Crippen molar-refractivity contribution in [1.82, 2.24) is 10.9 Å².